The van der Waals surface area contributed by atoms with Crippen LogP contribution in [-0.4, -0.2) is 19.3 Å². The summed E-state index contributed by atoms with van der Waals surface area (Å²) in [5, 5.41) is 10.6. The van der Waals surface area contributed by atoms with Crippen LogP contribution in [0.1, 0.15) is 28.3 Å². The molecular weight excluding hydrogens is 406 g/mol. The first kappa shape index (κ1) is 19.5. The number of carbonyl (C=O) groups is 1. The van der Waals surface area contributed by atoms with Crippen LogP contribution in [0.5, 0.6) is 0 Å². The zero-order valence-corrected chi connectivity index (χ0v) is 16.6. The molecule has 0 radical (unpaired) electrons. The third-order valence-electron chi connectivity index (χ3n) is 3.82. The van der Waals surface area contributed by atoms with Gasteiger partial charge in [-0.3, -0.25) is 4.79 Å². The first-order valence-corrected chi connectivity index (χ1v) is 10.7. The quantitative estimate of drug-likeness (QED) is 0.656. The van der Waals surface area contributed by atoms with E-state index in [-0.39, 0.29) is 21.5 Å². The lowest BCUT2D eigenvalue weighted by Gasteiger charge is -2.12. The average molecular weight is 422 g/mol. The summed E-state index contributed by atoms with van der Waals surface area (Å²) in [6.07, 6.45) is 0. The maximum Gasteiger partial charge on any atom is 0.253 e. The van der Waals surface area contributed by atoms with Gasteiger partial charge in [0.25, 0.3) is 5.91 Å². The number of rotatable bonds is 5. The predicted octanol–water partition coefficient (Wildman–Crippen LogP) is 3.60. The molecule has 3 aromatic rings. The third kappa shape index (κ3) is 4.54. The summed E-state index contributed by atoms with van der Waals surface area (Å²) in [4.78, 5) is 16.9. The Kier molecular flexibility index (Phi) is 5.61. The van der Waals surface area contributed by atoms with Gasteiger partial charge in [-0.1, -0.05) is 41.9 Å². The molecule has 140 valence electrons. The summed E-state index contributed by atoms with van der Waals surface area (Å²) in [6.45, 7) is 1.82. The Hall–Kier alpha value is -2.26. The minimum atomic E-state index is -3.88. The number of amides is 1. The monoisotopic (exact) mass is 421 g/mol. The van der Waals surface area contributed by atoms with Crippen LogP contribution < -0.4 is 10.5 Å². The van der Waals surface area contributed by atoms with Crippen molar-refractivity contribution in [1.29, 1.82) is 0 Å². The maximum absolute atomic E-state index is 12.5. The van der Waals surface area contributed by atoms with E-state index in [1.54, 1.807) is 0 Å². The second-order valence-corrected chi connectivity index (χ2v) is 8.68. The van der Waals surface area contributed by atoms with Crippen molar-refractivity contribution in [2.24, 2.45) is 5.14 Å². The van der Waals surface area contributed by atoms with E-state index in [0.29, 0.717) is 0 Å². The van der Waals surface area contributed by atoms with Gasteiger partial charge in [-0.2, -0.15) is 0 Å². The van der Waals surface area contributed by atoms with Crippen LogP contribution in [0.2, 0.25) is 5.02 Å². The molecule has 1 amide bonds. The van der Waals surface area contributed by atoms with Crippen LogP contribution in [0.25, 0.3) is 11.3 Å². The van der Waals surface area contributed by atoms with Gasteiger partial charge in [-0.05, 0) is 25.1 Å². The number of nitrogens with zero attached hydrogens (tertiary/aromatic N) is 1. The summed E-state index contributed by atoms with van der Waals surface area (Å²) in [5.74, 6) is -0.426. The SMILES string of the molecule is CC(NC(=O)c1ccc(S(N)(=O)=O)cc1Cl)c1nc(-c2ccccc2)cs1. The lowest BCUT2D eigenvalue weighted by molar-refractivity contribution is 0.0940. The molecule has 0 aliphatic carbocycles. The molecule has 3 N–H and O–H groups in total. The summed E-state index contributed by atoms with van der Waals surface area (Å²) in [5.41, 5.74) is 2.00. The van der Waals surface area contributed by atoms with Crippen molar-refractivity contribution in [3.63, 3.8) is 0 Å². The molecule has 0 aliphatic rings. The third-order valence-corrected chi connectivity index (χ3v) is 6.07. The van der Waals surface area contributed by atoms with Crippen LogP contribution in [0.15, 0.2) is 58.8 Å². The van der Waals surface area contributed by atoms with Crippen LogP contribution in [-0.2, 0) is 10.0 Å². The largest absolute Gasteiger partial charge is 0.343 e. The molecule has 1 atom stereocenters. The van der Waals surface area contributed by atoms with E-state index in [1.165, 1.54) is 23.5 Å². The number of thiazole rings is 1. The highest BCUT2D eigenvalue weighted by Crippen LogP contribution is 2.26. The second-order valence-electron chi connectivity index (χ2n) is 5.82. The molecule has 0 saturated carbocycles. The van der Waals surface area contributed by atoms with Gasteiger partial charge in [0.15, 0.2) is 0 Å². The Morgan fingerprint density at radius 3 is 2.56 bits per heavy atom. The van der Waals surface area contributed by atoms with Crippen LogP contribution in [0, 0.1) is 0 Å². The zero-order chi connectivity index (χ0) is 19.6. The van der Waals surface area contributed by atoms with Crippen molar-refractivity contribution in [3.8, 4) is 11.3 Å². The summed E-state index contributed by atoms with van der Waals surface area (Å²) < 4.78 is 22.7. The molecule has 6 nitrogen and oxygen atoms in total. The number of aromatic nitrogens is 1. The Morgan fingerprint density at radius 1 is 1.22 bits per heavy atom. The molecule has 2 aromatic carbocycles. The number of primary sulfonamides is 1. The van der Waals surface area contributed by atoms with Gasteiger partial charge in [0.05, 0.1) is 27.2 Å². The van der Waals surface area contributed by atoms with Gasteiger partial charge in [-0.15, -0.1) is 11.3 Å². The lowest BCUT2D eigenvalue weighted by Crippen LogP contribution is -2.27. The average Bonchev–Trinajstić information content (AvgIpc) is 3.11. The highest BCUT2D eigenvalue weighted by atomic mass is 35.5. The number of nitrogens with one attached hydrogen (secondary N) is 1. The summed E-state index contributed by atoms with van der Waals surface area (Å²) >= 11 is 7.50. The van der Waals surface area contributed by atoms with E-state index < -0.39 is 15.9 Å². The summed E-state index contributed by atoms with van der Waals surface area (Å²) in [7, 11) is -3.88. The normalized spacial score (nSPS) is 12.6. The first-order chi connectivity index (χ1) is 12.8. The molecule has 9 heteroatoms. The van der Waals surface area contributed by atoms with Crippen LogP contribution >= 0.6 is 22.9 Å². The van der Waals surface area contributed by atoms with E-state index in [1.807, 2.05) is 42.6 Å². The molecule has 1 aromatic heterocycles. The number of sulfonamides is 1. The van der Waals surface area contributed by atoms with Gasteiger partial charge >= 0.3 is 0 Å². The number of hydrogen-bond acceptors (Lipinski definition) is 5. The molecule has 27 heavy (non-hydrogen) atoms. The molecule has 0 fully saturated rings. The van der Waals surface area contributed by atoms with Gasteiger partial charge in [-0.25, -0.2) is 18.5 Å². The zero-order valence-electron chi connectivity index (χ0n) is 14.2. The topological polar surface area (TPSA) is 102 Å². The van der Waals surface area contributed by atoms with Crippen molar-refractivity contribution < 1.29 is 13.2 Å². The van der Waals surface area contributed by atoms with E-state index in [2.05, 4.69) is 10.3 Å². The van der Waals surface area contributed by atoms with Gasteiger partial charge < -0.3 is 5.32 Å². The Labute approximate surface area is 166 Å². The lowest BCUT2D eigenvalue weighted by atomic mass is 10.2. The fourth-order valence-electron chi connectivity index (χ4n) is 2.42. The van der Waals surface area contributed by atoms with E-state index >= 15 is 0 Å². The molecule has 0 aliphatic heterocycles. The number of benzene rings is 2. The van der Waals surface area contributed by atoms with Crippen molar-refractivity contribution >= 4 is 38.9 Å². The minimum Gasteiger partial charge on any atom is -0.343 e. The van der Waals surface area contributed by atoms with Gasteiger partial charge in [0.1, 0.15) is 5.01 Å². The Balaban J connectivity index is 1.76. The highest BCUT2D eigenvalue weighted by molar-refractivity contribution is 7.89. The maximum atomic E-state index is 12.5. The number of nitrogens with two attached hydrogens (primary N) is 1. The molecule has 0 spiro atoms. The molecule has 1 heterocycles. The highest BCUT2D eigenvalue weighted by Gasteiger charge is 2.19. The molecule has 3 rings (SSSR count). The fourth-order valence-corrected chi connectivity index (χ4v) is 4.13. The van der Waals surface area contributed by atoms with Crippen LogP contribution in [0.4, 0.5) is 0 Å². The van der Waals surface area contributed by atoms with Crippen molar-refractivity contribution in [2.45, 2.75) is 17.9 Å². The number of halogens is 1. The fraction of sp³-hybridized carbons (Fsp3) is 0.111. The van der Waals surface area contributed by atoms with Crippen molar-refractivity contribution in [3.05, 3.63) is 69.5 Å². The standard InChI is InChI=1S/C18H16ClN3O3S2/c1-11(18-22-16(10-26-18)12-5-3-2-4-6-12)21-17(23)14-8-7-13(9-15(14)19)27(20,24)25/h2-11H,1H3,(H,21,23)(H2,20,24,25). The van der Waals surface area contributed by atoms with E-state index in [0.717, 1.165) is 22.3 Å². The Bertz CT molecular complexity index is 1080. The van der Waals surface area contributed by atoms with E-state index in [4.69, 9.17) is 16.7 Å². The predicted molar refractivity (Wildman–Crippen MR) is 106 cm³/mol. The molecule has 0 saturated heterocycles. The Morgan fingerprint density at radius 2 is 1.93 bits per heavy atom. The number of hydrogen-bond donors (Lipinski definition) is 2. The number of carbonyl (C=O) groups excluding carboxylic acids is 1. The summed E-state index contributed by atoms with van der Waals surface area (Å²) in [6, 6.07) is 13.1. The minimum absolute atomic E-state index is 0.00957. The molecular formula is C18H16ClN3O3S2. The van der Waals surface area contributed by atoms with E-state index in [9.17, 15) is 13.2 Å². The first-order valence-electron chi connectivity index (χ1n) is 7.90. The van der Waals surface area contributed by atoms with Crippen LogP contribution in [0.3, 0.4) is 0 Å². The van der Waals surface area contributed by atoms with Gasteiger partial charge in [0, 0.05) is 10.9 Å². The van der Waals surface area contributed by atoms with Gasteiger partial charge in [0.2, 0.25) is 10.0 Å². The van der Waals surface area contributed by atoms with Crippen molar-refractivity contribution in [1.82, 2.24) is 10.3 Å². The molecule has 1 unspecified atom stereocenters. The smallest absolute Gasteiger partial charge is 0.253 e. The second kappa shape index (κ2) is 7.77. The molecule has 0 bridgehead atoms. The van der Waals surface area contributed by atoms with Crippen molar-refractivity contribution in [2.75, 3.05) is 0 Å².